The number of benzene rings is 2. The highest BCUT2D eigenvalue weighted by Crippen LogP contribution is 2.24. The minimum Gasteiger partial charge on any atom is -0.508 e. The molecule has 0 unspecified atom stereocenters. The van der Waals surface area contributed by atoms with Crippen LogP contribution in [0.3, 0.4) is 0 Å². The van der Waals surface area contributed by atoms with Gasteiger partial charge in [0, 0.05) is 11.6 Å². The van der Waals surface area contributed by atoms with Gasteiger partial charge in [0.1, 0.15) is 29.5 Å². The van der Waals surface area contributed by atoms with Gasteiger partial charge in [0.05, 0.1) is 5.02 Å². The standard InChI is InChI=1S/C14H10ClFO4/c15-12-5-9(16)2-1-8(12)7-20-14(19)11-4-3-10(17)6-13(11)18/h1-6,17-18H,7H2. The Hall–Kier alpha value is -2.27. The highest BCUT2D eigenvalue weighted by atomic mass is 35.5. The van der Waals surface area contributed by atoms with Crippen LogP contribution in [0.25, 0.3) is 0 Å². The fraction of sp³-hybridized carbons (Fsp3) is 0.0714. The van der Waals surface area contributed by atoms with Crippen LogP contribution in [-0.2, 0) is 11.3 Å². The van der Waals surface area contributed by atoms with Crippen molar-refractivity contribution >= 4 is 17.6 Å². The smallest absolute Gasteiger partial charge is 0.342 e. The fourth-order valence-corrected chi connectivity index (χ4v) is 1.77. The molecule has 2 aromatic rings. The van der Waals surface area contributed by atoms with Crippen molar-refractivity contribution in [2.45, 2.75) is 6.61 Å². The van der Waals surface area contributed by atoms with Gasteiger partial charge >= 0.3 is 5.97 Å². The van der Waals surface area contributed by atoms with Crippen molar-refractivity contribution in [1.29, 1.82) is 0 Å². The predicted molar refractivity (Wildman–Crippen MR) is 70.3 cm³/mol. The molecule has 0 amide bonds. The SMILES string of the molecule is O=C(OCc1ccc(F)cc1Cl)c1ccc(O)cc1O. The van der Waals surface area contributed by atoms with Gasteiger partial charge in [-0.25, -0.2) is 9.18 Å². The highest BCUT2D eigenvalue weighted by molar-refractivity contribution is 6.31. The number of hydrogen-bond donors (Lipinski definition) is 2. The van der Waals surface area contributed by atoms with Gasteiger partial charge in [-0.15, -0.1) is 0 Å². The summed E-state index contributed by atoms with van der Waals surface area (Å²) < 4.78 is 17.8. The molecule has 2 rings (SSSR count). The molecule has 2 N–H and O–H groups in total. The first-order valence-electron chi connectivity index (χ1n) is 5.60. The number of esters is 1. The Morgan fingerprint density at radius 3 is 2.60 bits per heavy atom. The number of carbonyl (C=O) groups is 1. The summed E-state index contributed by atoms with van der Waals surface area (Å²) in [5.74, 6) is -1.81. The highest BCUT2D eigenvalue weighted by Gasteiger charge is 2.14. The number of phenols is 2. The van der Waals surface area contributed by atoms with Crippen LogP contribution in [0.1, 0.15) is 15.9 Å². The largest absolute Gasteiger partial charge is 0.508 e. The Morgan fingerprint density at radius 2 is 1.95 bits per heavy atom. The van der Waals surface area contributed by atoms with Crippen molar-refractivity contribution in [3.63, 3.8) is 0 Å². The third kappa shape index (κ3) is 3.19. The second-order valence-corrected chi connectivity index (χ2v) is 4.42. The Labute approximate surface area is 119 Å². The van der Waals surface area contributed by atoms with Gasteiger partial charge in [0.15, 0.2) is 0 Å². The molecule has 0 atom stereocenters. The van der Waals surface area contributed by atoms with E-state index in [1.807, 2.05) is 0 Å². The van der Waals surface area contributed by atoms with Crippen LogP contribution in [0.2, 0.25) is 5.02 Å². The second-order valence-electron chi connectivity index (χ2n) is 4.01. The van der Waals surface area contributed by atoms with Crippen molar-refractivity contribution in [1.82, 2.24) is 0 Å². The maximum absolute atomic E-state index is 12.9. The van der Waals surface area contributed by atoms with Gasteiger partial charge in [-0.1, -0.05) is 17.7 Å². The van der Waals surface area contributed by atoms with Crippen LogP contribution >= 0.6 is 11.6 Å². The van der Waals surface area contributed by atoms with E-state index >= 15 is 0 Å². The zero-order valence-corrected chi connectivity index (χ0v) is 10.9. The lowest BCUT2D eigenvalue weighted by Gasteiger charge is -2.08. The summed E-state index contributed by atoms with van der Waals surface area (Å²) in [6, 6.07) is 7.24. The molecule has 2 aromatic carbocycles. The first kappa shape index (κ1) is 14.1. The topological polar surface area (TPSA) is 66.8 Å². The van der Waals surface area contributed by atoms with E-state index in [4.69, 9.17) is 21.4 Å². The number of halogens is 2. The average molecular weight is 297 g/mol. The molecule has 6 heteroatoms. The Kier molecular flexibility index (Phi) is 4.10. The number of ether oxygens (including phenoxy) is 1. The van der Waals surface area contributed by atoms with E-state index in [0.717, 1.165) is 12.1 Å². The lowest BCUT2D eigenvalue weighted by Crippen LogP contribution is -2.05. The summed E-state index contributed by atoms with van der Waals surface area (Å²) in [7, 11) is 0. The van der Waals surface area contributed by atoms with Crippen molar-refractivity contribution in [2.75, 3.05) is 0 Å². The molecule has 0 saturated carbocycles. The second kappa shape index (κ2) is 5.79. The zero-order chi connectivity index (χ0) is 14.7. The Bertz CT molecular complexity index is 658. The molecule has 0 spiro atoms. The maximum Gasteiger partial charge on any atom is 0.342 e. The molecule has 0 aliphatic carbocycles. The van der Waals surface area contributed by atoms with Crippen LogP contribution in [0.5, 0.6) is 11.5 Å². The van der Waals surface area contributed by atoms with Crippen LogP contribution in [0.4, 0.5) is 4.39 Å². The van der Waals surface area contributed by atoms with E-state index in [-0.39, 0.29) is 28.7 Å². The van der Waals surface area contributed by atoms with Gasteiger partial charge in [-0.3, -0.25) is 0 Å². The fourth-order valence-electron chi connectivity index (χ4n) is 1.55. The molecular formula is C14H10ClFO4. The van der Waals surface area contributed by atoms with E-state index in [1.54, 1.807) is 0 Å². The minimum absolute atomic E-state index is 0.0824. The maximum atomic E-state index is 12.9. The van der Waals surface area contributed by atoms with Crippen molar-refractivity contribution in [3.8, 4) is 11.5 Å². The van der Waals surface area contributed by atoms with Gasteiger partial charge in [0.2, 0.25) is 0 Å². The first-order valence-corrected chi connectivity index (χ1v) is 5.98. The van der Waals surface area contributed by atoms with Gasteiger partial charge < -0.3 is 14.9 Å². The van der Waals surface area contributed by atoms with E-state index in [9.17, 15) is 14.3 Å². The first-order chi connectivity index (χ1) is 9.47. The number of phenolic OH excluding ortho intramolecular Hbond substituents is 2. The van der Waals surface area contributed by atoms with Crippen LogP contribution < -0.4 is 0 Å². The minimum atomic E-state index is -0.775. The van der Waals surface area contributed by atoms with E-state index in [2.05, 4.69) is 0 Å². The average Bonchev–Trinajstić information content (AvgIpc) is 2.37. The van der Waals surface area contributed by atoms with Crippen molar-refractivity contribution in [2.24, 2.45) is 0 Å². The quantitative estimate of drug-likeness (QED) is 0.853. The summed E-state index contributed by atoms with van der Waals surface area (Å²) in [5, 5.41) is 18.8. The van der Waals surface area contributed by atoms with Gasteiger partial charge in [-0.2, -0.15) is 0 Å². The molecule has 0 aliphatic heterocycles. The van der Waals surface area contributed by atoms with Crippen molar-refractivity contribution < 1.29 is 24.1 Å². The summed E-state index contributed by atoms with van der Waals surface area (Å²) in [4.78, 5) is 11.7. The number of carbonyl (C=O) groups excluding carboxylic acids is 1. The van der Waals surface area contributed by atoms with Crippen LogP contribution in [-0.4, -0.2) is 16.2 Å². The molecule has 4 nitrogen and oxygen atoms in total. The summed E-state index contributed by atoms with van der Waals surface area (Å²) >= 11 is 5.80. The third-order valence-electron chi connectivity index (χ3n) is 2.58. The van der Waals surface area contributed by atoms with Gasteiger partial charge in [-0.05, 0) is 24.3 Å². The molecule has 20 heavy (non-hydrogen) atoms. The number of aromatic hydroxyl groups is 2. The van der Waals surface area contributed by atoms with Crippen LogP contribution in [0.15, 0.2) is 36.4 Å². The molecule has 0 bridgehead atoms. The molecule has 0 heterocycles. The summed E-state index contributed by atoms with van der Waals surface area (Å²) in [5.41, 5.74) is 0.362. The Balaban J connectivity index is 2.08. The molecule has 0 aromatic heterocycles. The molecule has 0 aliphatic rings. The Morgan fingerprint density at radius 1 is 1.20 bits per heavy atom. The van der Waals surface area contributed by atoms with Crippen LogP contribution in [0, 0.1) is 5.82 Å². The summed E-state index contributed by atoms with van der Waals surface area (Å²) in [6.07, 6.45) is 0. The monoisotopic (exact) mass is 296 g/mol. The lowest BCUT2D eigenvalue weighted by molar-refractivity contribution is 0.0469. The summed E-state index contributed by atoms with van der Waals surface area (Å²) in [6.45, 7) is -0.155. The lowest BCUT2D eigenvalue weighted by atomic mass is 10.2. The molecule has 0 fully saturated rings. The normalized spacial score (nSPS) is 10.3. The van der Waals surface area contributed by atoms with Crippen molar-refractivity contribution in [3.05, 3.63) is 58.4 Å². The number of hydrogen-bond acceptors (Lipinski definition) is 4. The van der Waals surface area contributed by atoms with E-state index in [1.165, 1.54) is 24.3 Å². The predicted octanol–water partition coefficient (Wildman–Crippen LogP) is 3.25. The molecule has 0 saturated heterocycles. The van der Waals surface area contributed by atoms with E-state index in [0.29, 0.717) is 5.56 Å². The van der Waals surface area contributed by atoms with Gasteiger partial charge in [0.25, 0.3) is 0 Å². The third-order valence-corrected chi connectivity index (χ3v) is 2.93. The van der Waals surface area contributed by atoms with E-state index < -0.39 is 11.8 Å². The molecular weight excluding hydrogens is 287 g/mol. The number of rotatable bonds is 3. The molecule has 0 radical (unpaired) electrons. The molecule has 104 valence electrons. The zero-order valence-electron chi connectivity index (χ0n) is 10.1.